The summed E-state index contributed by atoms with van der Waals surface area (Å²) in [5, 5.41) is 33.7. The van der Waals surface area contributed by atoms with E-state index in [0.717, 1.165) is 12.1 Å². The number of hydrogen-bond donors (Lipinski definition) is 2. The van der Waals surface area contributed by atoms with Gasteiger partial charge in [0.1, 0.15) is 5.69 Å². The van der Waals surface area contributed by atoms with E-state index in [2.05, 4.69) is 5.32 Å². The van der Waals surface area contributed by atoms with Crippen LogP contribution in [0.15, 0.2) is 30.3 Å². The van der Waals surface area contributed by atoms with Crippen LogP contribution in [-0.2, 0) is 4.79 Å². The van der Waals surface area contributed by atoms with Crippen LogP contribution in [0.5, 0.6) is 17.2 Å². The predicted octanol–water partition coefficient (Wildman–Crippen LogP) is 3.51. The Morgan fingerprint density at radius 2 is 1.70 bits per heavy atom. The number of ether oxygens (including phenoxy) is 3. The summed E-state index contributed by atoms with van der Waals surface area (Å²) in [5.74, 6) is -0.204. The van der Waals surface area contributed by atoms with Crippen molar-refractivity contribution < 1.29 is 34.0 Å². The van der Waals surface area contributed by atoms with Crippen LogP contribution in [0.1, 0.15) is 12.8 Å². The number of non-ortho nitro benzene ring substituents is 1. The molecule has 0 saturated carbocycles. The van der Waals surface area contributed by atoms with Crippen LogP contribution in [0.3, 0.4) is 0 Å². The molecule has 0 spiro atoms. The van der Waals surface area contributed by atoms with E-state index in [-0.39, 0.29) is 42.4 Å². The maximum atomic E-state index is 11.3. The van der Waals surface area contributed by atoms with Crippen LogP contribution in [0.4, 0.5) is 22.7 Å². The molecule has 12 nitrogen and oxygen atoms in total. The second-order valence-corrected chi connectivity index (χ2v) is 5.90. The van der Waals surface area contributed by atoms with Crippen molar-refractivity contribution in [1.29, 1.82) is 0 Å². The summed E-state index contributed by atoms with van der Waals surface area (Å²) in [5.41, 5.74) is -0.507. The monoisotopic (exact) mass is 421 g/mol. The fourth-order valence-electron chi connectivity index (χ4n) is 2.54. The average Bonchev–Trinajstić information content (AvgIpc) is 2.70. The summed E-state index contributed by atoms with van der Waals surface area (Å²) in [4.78, 5) is 31.3. The van der Waals surface area contributed by atoms with Crippen molar-refractivity contribution in [2.24, 2.45) is 0 Å². The molecule has 0 radical (unpaired) electrons. The topological polar surface area (TPSA) is 163 Å². The molecule has 0 amide bonds. The van der Waals surface area contributed by atoms with Gasteiger partial charge in [-0.2, -0.15) is 0 Å². The third-order valence-corrected chi connectivity index (χ3v) is 3.91. The Balaban J connectivity index is 2.34. The third kappa shape index (κ3) is 5.47. The van der Waals surface area contributed by atoms with Crippen LogP contribution in [0, 0.1) is 20.2 Å². The van der Waals surface area contributed by atoms with E-state index in [4.69, 9.17) is 19.3 Å². The van der Waals surface area contributed by atoms with Gasteiger partial charge in [-0.1, -0.05) is 0 Å². The molecule has 0 aliphatic rings. The Labute approximate surface area is 170 Å². The number of hydrogen-bond acceptors (Lipinski definition) is 9. The highest BCUT2D eigenvalue weighted by atomic mass is 16.6. The highest BCUT2D eigenvalue weighted by Gasteiger charge is 2.21. The van der Waals surface area contributed by atoms with Gasteiger partial charge in [0, 0.05) is 30.3 Å². The van der Waals surface area contributed by atoms with Gasteiger partial charge in [-0.15, -0.1) is 0 Å². The van der Waals surface area contributed by atoms with Crippen LogP contribution >= 0.6 is 0 Å². The maximum Gasteiger partial charge on any atom is 0.303 e. The summed E-state index contributed by atoms with van der Waals surface area (Å²) < 4.78 is 16.2. The predicted molar refractivity (Wildman–Crippen MR) is 105 cm³/mol. The molecule has 2 aromatic rings. The molecule has 0 atom stereocenters. The number of nitro groups is 2. The molecule has 0 saturated heterocycles. The number of nitrogens with one attached hydrogen (secondary N) is 1. The number of aliphatic carboxylic acids is 1. The fourth-order valence-corrected chi connectivity index (χ4v) is 2.54. The lowest BCUT2D eigenvalue weighted by Crippen LogP contribution is -2.05. The first-order valence-electron chi connectivity index (χ1n) is 8.57. The van der Waals surface area contributed by atoms with Gasteiger partial charge in [0.25, 0.3) is 11.4 Å². The van der Waals surface area contributed by atoms with Gasteiger partial charge < -0.3 is 24.6 Å². The molecule has 0 aromatic heterocycles. The molecule has 0 bridgehead atoms. The van der Waals surface area contributed by atoms with Gasteiger partial charge >= 0.3 is 5.97 Å². The molecule has 0 aliphatic carbocycles. The number of benzene rings is 2. The second-order valence-electron chi connectivity index (χ2n) is 5.90. The second kappa shape index (κ2) is 9.91. The maximum absolute atomic E-state index is 11.3. The summed E-state index contributed by atoms with van der Waals surface area (Å²) in [6.45, 7) is 0.111. The van der Waals surface area contributed by atoms with E-state index >= 15 is 0 Å². The van der Waals surface area contributed by atoms with Crippen molar-refractivity contribution in [2.45, 2.75) is 12.8 Å². The molecule has 12 heteroatoms. The van der Waals surface area contributed by atoms with Gasteiger partial charge in [-0.25, -0.2) is 0 Å². The molecule has 0 aliphatic heterocycles. The van der Waals surface area contributed by atoms with Crippen LogP contribution in [0.2, 0.25) is 0 Å². The molecule has 0 fully saturated rings. The van der Waals surface area contributed by atoms with E-state index in [1.807, 2.05) is 0 Å². The zero-order chi connectivity index (χ0) is 22.3. The minimum Gasteiger partial charge on any atom is -0.493 e. The largest absolute Gasteiger partial charge is 0.493 e. The first-order valence-corrected chi connectivity index (χ1v) is 8.57. The number of nitrogens with zero attached hydrogens (tertiary/aromatic N) is 2. The van der Waals surface area contributed by atoms with E-state index < -0.39 is 27.2 Å². The molecule has 160 valence electrons. The highest BCUT2D eigenvalue weighted by molar-refractivity contribution is 5.74. The third-order valence-electron chi connectivity index (χ3n) is 3.91. The molecular weight excluding hydrogens is 402 g/mol. The minimum absolute atomic E-state index is 0.0323. The summed E-state index contributed by atoms with van der Waals surface area (Å²) >= 11 is 0. The van der Waals surface area contributed by atoms with Crippen molar-refractivity contribution in [3.05, 3.63) is 50.6 Å². The SMILES string of the molecule is COc1cc(Nc2ccc([N+](=O)[O-])cc2[N+](=O)[O-])cc(OC)c1OCCCC(=O)O. The number of carboxylic acids is 1. The zero-order valence-electron chi connectivity index (χ0n) is 16.1. The van der Waals surface area contributed by atoms with Crippen molar-refractivity contribution in [2.75, 3.05) is 26.1 Å². The average molecular weight is 421 g/mol. The molecular formula is C18H19N3O9. The number of rotatable bonds is 11. The van der Waals surface area contributed by atoms with Gasteiger partial charge in [0.15, 0.2) is 11.5 Å². The number of carboxylic acid groups (broad SMARTS) is 1. The summed E-state index contributed by atoms with van der Waals surface area (Å²) in [7, 11) is 2.77. The Hall–Kier alpha value is -4.09. The van der Waals surface area contributed by atoms with Crippen LogP contribution in [-0.4, -0.2) is 41.7 Å². The minimum atomic E-state index is -0.943. The first kappa shape index (κ1) is 22.2. The molecule has 2 rings (SSSR count). The molecule has 30 heavy (non-hydrogen) atoms. The number of nitro benzene ring substituents is 2. The van der Waals surface area contributed by atoms with Crippen molar-refractivity contribution >= 4 is 28.7 Å². The van der Waals surface area contributed by atoms with E-state index in [0.29, 0.717) is 5.69 Å². The number of anilines is 2. The molecule has 0 heterocycles. The number of methoxy groups -OCH3 is 2. The van der Waals surface area contributed by atoms with Gasteiger partial charge in [0.2, 0.25) is 5.75 Å². The number of carbonyl (C=O) groups is 1. The van der Waals surface area contributed by atoms with Crippen molar-refractivity contribution in [1.82, 2.24) is 0 Å². The van der Waals surface area contributed by atoms with E-state index in [1.54, 1.807) is 0 Å². The summed E-state index contributed by atoms with van der Waals surface area (Å²) in [6.07, 6.45) is 0.213. The highest BCUT2D eigenvalue weighted by Crippen LogP contribution is 2.42. The fraction of sp³-hybridized carbons (Fsp3) is 0.278. The lowest BCUT2D eigenvalue weighted by atomic mass is 10.2. The smallest absolute Gasteiger partial charge is 0.303 e. The van der Waals surface area contributed by atoms with Crippen molar-refractivity contribution in [3.63, 3.8) is 0 Å². The molecule has 0 unspecified atom stereocenters. The van der Waals surface area contributed by atoms with E-state index in [9.17, 15) is 25.0 Å². The van der Waals surface area contributed by atoms with Crippen LogP contribution < -0.4 is 19.5 Å². The lowest BCUT2D eigenvalue weighted by molar-refractivity contribution is -0.393. The first-order chi connectivity index (χ1) is 14.3. The van der Waals surface area contributed by atoms with Gasteiger partial charge in [0.05, 0.1) is 36.7 Å². The summed E-state index contributed by atoms with van der Waals surface area (Å²) in [6, 6.07) is 6.23. The Morgan fingerprint density at radius 1 is 1.07 bits per heavy atom. The Bertz CT molecular complexity index is 937. The van der Waals surface area contributed by atoms with Gasteiger partial charge in [-0.05, 0) is 12.5 Å². The zero-order valence-corrected chi connectivity index (χ0v) is 16.1. The lowest BCUT2D eigenvalue weighted by Gasteiger charge is -2.16. The quantitative estimate of drug-likeness (QED) is 0.312. The van der Waals surface area contributed by atoms with E-state index in [1.165, 1.54) is 32.4 Å². The molecule has 2 aromatic carbocycles. The molecule has 2 N–H and O–H groups in total. The van der Waals surface area contributed by atoms with Crippen LogP contribution in [0.25, 0.3) is 0 Å². The Kier molecular flexibility index (Phi) is 7.33. The normalized spacial score (nSPS) is 10.2. The van der Waals surface area contributed by atoms with Crippen molar-refractivity contribution in [3.8, 4) is 17.2 Å². The van der Waals surface area contributed by atoms with Gasteiger partial charge in [-0.3, -0.25) is 25.0 Å². The Morgan fingerprint density at radius 3 is 2.20 bits per heavy atom. The standard InChI is InChI=1S/C18H19N3O9/c1-28-15-8-11(9-16(29-2)18(15)30-7-3-4-17(22)23)19-13-6-5-12(20(24)25)10-14(13)21(26)27/h5-6,8-10,19H,3-4,7H2,1-2H3,(H,22,23).